The predicted octanol–water partition coefficient (Wildman–Crippen LogP) is 0.552. The molecule has 3 heteroatoms. The van der Waals surface area contributed by atoms with E-state index < -0.39 is 0 Å². The fourth-order valence-electron chi connectivity index (χ4n) is 2.57. The molecule has 14 heavy (non-hydrogen) atoms. The lowest BCUT2D eigenvalue weighted by atomic mass is 9.89. The number of hydrogen-bond acceptors (Lipinski definition) is 3. The molecule has 0 atom stereocenters. The van der Waals surface area contributed by atoms with E-state index in [1.165, 1.54) is 39.0 Å². The lowest BCUT2D eigenvalue weighted by Crippen LogP contribution is -2.53. The molecule has 0 aromatic rings. The first kappa shape index (κ1) is 10.4. The lowest BCUT2D eigenvalue weighted by Gasteiger charge is -2.42. The third-order valence-electron chi connectivity index (χ3n) is 3.77. The van der Waals surface area contributed by atoms with Crippen molar-refractivity contribution in [2.75, 3.05) is 26.2 Å². The van der Waals surface area contributed by atoms with Gasteiger partial charge in [-0.15, -0.1) is 0 Å². The van der Waals surface area contributed by atoms with Gasteiger partial charge in [0.15, 0.2) is 0 Å². The Hall–Kier alpha value is -0.120. The Kier molecular flexibility index (Phi) is 3.10. The third-order valence-corrected chi connectivity index (χ3v) is 3.77. The molecule has 3 nitrogen and oxygen atoms in total. The first-order valence-corrected chi connectivity index (χ1v) is 5.91. The summed E-state index contributed by atoms with van der Waals surface area (Å²) in [5.41, 5.74) is 6.23. The maximum absolute atomic E-state index is 6.13. The van der Waals surface area contributed by atoms with Gasteiger partial charge in [-0.3, -0.25) is 0 Å². The van der Waals surface area contributed by atoms with Crippen molar-refractivity contribution in [3.8, 4) is 0 Å². The normalized spacial score (nSPS) is 30.4. The van der Waals surface area contributed by atoms with Gasteiger partial charge in [0.1, 0.15) is 0 Å². The highest BCUT2D eigenvalue weighted by atomic mass is 15.2. The van der Waals surface area contributed by atoms with E-state index >= 15 is 0 Å². The minimum absolute atomic E-state index is 0.101. The highest BCUT2D eigenvalue weighted by Crippen LogP contribution is 2.23. The van der Waals surface area contributed by atoms with Gasteiger partial charge in [-0.1, -0.05) is 0 Å². The second-order valence-electron chi connectivity index (χ2n) is 5.17. The summed E-state index contributed by atoms with van der Waals surface area (Å²) in [6.45, 7) is 6.99. The number of likely N-dealkylation sites (tertiary alicyclic amines) is 1. The van der Waals surface area contributed by atoms with E-state index in [-0.39, 0.29) is 5.54 Å². The third kappa shape index (κ3) is 2.47. The molecule has 2 heterocycles. The number of nitrogens with zero attached hydrogens (tertiary/aromatic N) is 1. The maximum atomic E-state index is 6.13. The Morgan fingerprint density at radius 2 is 1.79 bits per heavy atom. The zero-order valence-electron chi connectivity index (χ0n) is 9.26. The molecular weight excluding hydrogens is 174 g/mol. The largest absolute Gasteiger partial charge is 0.325 e. The van der Waals surface area contributed by atoms with Crippen LogP contribution >= 0.6 is 0 Å². The van der Waals surface area contributed by atoms with Crippen LogP contribution in [-0.2, 0) is 0 Å². The van der Waals surface area contributed by atoms with E-state index in [0.717, 1.165) is 18.9 Å². The van der Waals surface area contributed by atoms with Crippen molar-refractivity contribution in [2.24, 2.45) is 5.73 Å². The van der Waals surface area contributed by atoms with Crippen LogP contribution in [0.5, 0.6) is 0 Å². The van der Waals surface area contributed by atoms with Gasteiger partial charge in [-0.05, 0) is 45.7 Å². The molecule has 0 radical (unpaired) electrons. The van der Waals surface area contributed by atoms with Crippen molar-refractivity contribution >= 4 is 0 Å². The van der Waals surface area contributed by atoms with Crippen molar-refractivity contribution in [2.45, 2.75) is 44.2 Å². The van der Waals surface area contributed by atoms with E-state index in [2.05, 4.69) is 17.1 Å². The number of hydrogen-bond donors (Lipinski definition) is 2. The van der Waals surface area contributed by atoms with Crippen LogP contribution in [0.2, 0.25) is 0 Å². The van der Waals surface area contributed by atoms with Crippen LogP contribution in [0.15, 0.2) is 0 Å². The molecule has 2 aliphatic heterocycles. The molecule has 2 saturated heterocycles. The van der Waals surface area contributed by atoms with Gasteiger partial charge >= 0.3 is 0 Å². The molecule has 2 aliphatic rings. The van der Waals surface area contributed by atoms with Crippen molar-refractivity contribution in [1.29, 1.82) is 0 Å². The summed E-state index contributed by atoms with van der Waals surface area (Å²) < 4.78 is 0. The van der Waals surface area contributed by atoms with Gasteiger partial charge in [-0.25, -0.2) is 0 Å². The van der Waals surface area contributed by atoms with Gasteiger partial charge in [0.2, 0.25) is 0 Å². The molecule has 0 aromatic heterocycles. The van der Waals surface area contributed by atoms with Crippen molar-refractivity contribution < 1.29 is 0 Å². The van der Waals surface area contributed by atoms with Gasteiger partial charge in [0.25, 0.3) is 0 Å². The first-order chi connectivity index (χ1) is 6.67. The predicted molar refractivity (Wildman–Crippen MR) is 59.3 cm³/mol. The molecule has 3 N–H and O–H groups in total. The quantitative estimate of drug-likeness (QED) is 0.645. The molecule has 0 aromatic carbocycles. The monoisotopic (exact) mass is 197 g/mol. The van der Waals surface area contributed by atoms with Crippen molar-refractivity contribution in [1.82, 2.24) is 10.2 Å². The molecule has 0 spiro atoms. The zero-order valence-corrected chi connectivity index (χ0v) is 9.26. The molecular formula is C11H23N3. The second kappa shape index (κ2) is 4.17. The summed E-state index contributed by atoms with van der Waals surface area (Å²) in [6.07, 6.45) is 4.97. The van der Waals surface area contributed by atoms with Crippen molar-refractivity contribution in [3.63, 3.8) is 0 Å². The number of piperidine rings is 2. The summed E-state index contributed by atoms with van der Waals surface area (Å²) in [4.78, 5) is 2.65. The highest BCUT2D eigenvalue weighted by Gasteiger charge is 2.29. The van der Waals surface area contributed by atoms with E-state index in [1.807, 2.05) is 0 Å². The van der Waals surface area contributed by atoms with Crippen LogP contribution < -0.4 is 11.1 Å². The molecule has 0 bridgehead atoms. The van der Waals surface area contributed by atoms with Gasteiger partial charge in [-0.2, -0.15) is 0 Å². The first-order valence-electron chi connectivity index (χ1n) is 5.91. The van der Waals surface area contributed by atoms with Crippen LogP contribution in [0.1, 0.15) is 32.6 Å². The maximum Gasteiger partial charge on any atom is 0.0150 e. The molecule has 82 valence electrons. The Labute approximate surface area is 87.0 Å². The highest BCUT2D eigenvalue weighted by molar-refractivity contribution is 4.89. The summed E-state index contributed by atoms with van der Waals surface area (Å²) in [5, 5.41) is 3.42. The van der Waals surface area contributed by atoms with Crippen LogP contribution in [0.25, 0.3) is 0 Å². The SMILES string of the molecule is CC1(N)CCN(C2CCNCC2)CC1. The Bertz CT molecular complexity index is 175. The van der Waals surface area contributed by atoms with Crippen LogP contribution in [-0.4, -0.2) is 42.7 Å². The van der Waals surface area contributed by atoms with E-state index in [0.29, 0.717) is 0 Å². The minimum atomic E-state index is 0.101. The van der Waals surface area contributed by atoms with E-state index in [9.17, 15) is 0 Å². The molecule has 0 saturated carbocycles. The average Bonchev–Trinajstić information content (AvgIpc) is 2.19. The summed E-state index contributed by atoms with van der Waals surface area (Å²) in [6, 6.07) is 0.826. The fraction of sp³-hybridized carbons (Fsp3) is 1.00. The lowest BCUT2D eigenvalue weighted by molar-refractivity contribution is 0.104. The molecule has 2 rings (SSSR count). The summed E-state index contributed by atoms with van der Waals surface area (Å²) in [5.74, 6) is 0. The average molecular weight is 197 g/mol. The Morgan fingerprint density at radius 1 is 1.21 bits per heavy atom. The standard InChI is InChI=1S/C11H23N3/c1-11(12)4-8-14(9-5-11)10-2-6-13-7-3-10/h10,13H,2-9,12H2,1H3. The molecule has 2 fully saturated rings. The second-order valence-corrected chi connectivity index (χ2v) is 5.17. The molecule has 0 aliphatic carbocycles. The zero-order chi connectivity index (χ0) is 10.0. The Balaban J connectivity index is 1.82. The van der Waals surface area contributed by atoms with E-state index in [1.54, 1.807) is 0 Å². The minimum Gasteiger partial charge on any atom is -0.325 e. The van der Waals surface area contributed by atoms with Gasteiger partial charge in [0, 0.05) is 24.7 Å². The van der Waals surface area contributed by atoms with Crippen LogP contribution in [0.4, 0.5) is 0 Å². The van der Waals surface area contributed by atoms with Gasteiger partial charge in [0.05, 0.1) is 0 Å². The summed E-state index contributed by atoms with van der Waals surface area (Å²) in [7, 11) is 0. The summed E-state index contributed by atoms with van der Waals surface area (Å²) >= 11 is 0. The topological polar surface area (TPSA) is 41.3 Å². The van der Waals surface area contributed by atoms with E-state index in [4.69, 9.17) is 5.73 Å². The smallest absolute Gasteiger partial charge is 0.0150 e. The van der Waals surface area contributed by atoms with Crippen LogP contribution in [0.3, 0.4) is 0 Å². The number of rotatable bonds is 1. The number of nitrogens with two attached hydrogens (primary N) is 1. The number of nitrogens with one attached hydrogen (secondary N) is 1. The van der Waals surface area contributed by atoms with Crippen LogP contribution in [0, 0.1) is 0 Å². The fourth-order valence-corrected chi connectivity index (χ4v) is 2.57. The molecule has 0 amide bonds. The Morgan fingerprint density at radius 3 is 2.36 bits per heavy atom. The molecule has 0 unspecified atom stereocenters. The van der Waals surface area contributed by atoms with Crippen molar-refractivity contribution in [3.05, 3.63) is 0 Å². The van der Waals surface area contributed by atoms with Gasteiger partial charge < -0.3 is 16.0 Å².